The van der Waals surface area contributed by atoms with E-state index in [1.807, 2.05) is 78.9 Å². The van der Waals surface area contributed by atoms with Crippen molar-refractivity contribution in [1.29, 1.82) is 0 Å². The highest BCUT2D eigenvalue weighted by atomic mass is 32.1. The Hall–Kier alpha value is -4.54. The zero-order valence-electron chi connectivity index (χ0n) is 22.5. The van der Waals surface area contributed by atoms with Crippen molar-refractivity contribution in [3.63, 3.8) is 0 Å². The fourth-order valence-corrected chi connectivity index (χ4v) is 5.75. The topological polar surface area (TPSA) is 127 Å². The van der Waals surface area contributed by atoms with E-state index >= 15 is 0 Å². The van der Waals surface area contributed by atoms with Gasteiger partial charge in [0.1, 0.15) is 23.2 Å². The number of carboxylic acids is 1. The first kappa shape index (κ1) is 28.0. The van der Waals surface area contributed by atoms with Gasteiger partial charge in [0.2, 0.25) is 5.91 Å². The first-order valence-electron chi connectivity index (χ1n) is 13.1. The molecule has 10 heteroatoms. The Kier molecular flexibility index (Phi) is 8.42. The monoisotopic (exact) mass is 571 g/mol. The lowest BCUT2D eigenvalue weighted by atomic mass is 9.98. The number of hydrogen-bond acceptors (Lipinski definition) is 7. The van der Waals surface area contributed by atoms with Gasteiger partial charge >= 0.3 is 12.1 Å². The van der Waals surface area contributed by atoms with Crippen molar-refractivity contribution >= 4 is 34.5 Å². The van der Waals surface area contributed by atoms with Crippen LogP contribution in [0.4, 0.5) is 9.80 Å². The van der Waals surface area contributed by atoms with Crippen LogP contribution >= 0.6 is 11.5 Å². The van der Waals surface area contributed by atoms with Gasteiger partial charge < -0.3 is 25.2 Å². The van der Waals surface area contributed by atoms with Crippen molar-refractivity contribution in [1.82, 2.24) is 9.69 Å². The number of benzene rings is 3. The number of rotatable bonds is 10. The number of fused-ring (bicyclic) bond motifs is 3. The largest absolute Gasteiger partial charge is 0.478 e. The van der Waals surface area contributed by atoms with Crippen LogP contribution < -0.4 is 10.6 Å². The number of carbonyl (C=O) groups excluding carboxylic acids is 2. The maximum atomic E-state index is 13.4. The van der Waals surface area contributed by atoms with E-state index < -0.39 is 30.1 Å². The third-order valence-corrected chi connectivity index (χ3v) is 7.89. The van der Waals surface area contributed by atoms with Gasteiger partial charge in [-0.2, -0.15) is 4.37 Å². The number of alkyl carbamates (subject to hydrolysis) is 1. The van der Waals surface area contributed by atoms with Crippen molar-refractivity contribution in [3.8, 4) is 11.1 Å². The number of carbonyl (C=O) groups is 3. The van der Waals surface area contributed by atoms with E-state index in [-0.39, 0.29) is 35.4 Å². The smallest absolute Gasteiger partial charge is 0.407 e. The molecule has 5 rings (SSSR count). The summed E-state index contributed by atoms with van der Waals surface area (Å²) in [6.07, 6.45) is -1.57. The Balaban J connectivity index is 1.31. The molecule has 0 fully saturated rings. The van der Waals surface area contributed by atoms with Gasteiger partial charge in [0, 0.05) is 5.92 Å². The zero-order chi connectivity index (χ0) is 28.9. The number of aryl methyl sites for hydroxylation is 1. The summed E-state index contributed by atoms with van der Waals surface area (Å²) in [5.74, 6) is -2.00. The summed E-state index contributed by atoms with van der Waals surface area (Å²) < 4.78 is 15.6. The Morgan fingerprint density at radius 2 is 1.56 bits per heavy atom. The Labute approximate surface area is 241 Å². The van der Waals surface area contributed by atoms with Crippen LogP contribution in [0.3, 0.4) is 0 Å². The van der Waals surface area contributed by atoms with Crippen molar-refractivity contribution in [2.24, 2.45) is 0 Å². The highest BCUT2D eigenvalue weighted by Gasteiger charge is 2.32. The molecule has 1 heterocycles. The molecule has 9 nitrogen and oxygen atoms in total. The highest BCUT2D eigenvalue weighted by Crippen LogP contribution is 2.44. The maximum Gasteiger partial charge on any atom is 0.407 e. The maximum absolute atomic E-state index is 13.4. The van der Waals surface area contributed by atoms with E-state index in [0.29, 0.717) is 0 Å². The molecule has 0 aliphatic heterocycles. The molecule has 1 aromatic heterocycles. The molecular formula is C31H29N3O6S. The molecule has 1 aliphatic rings. The molecule has 2 amide bonds. The van der Waals surface area contributed by atoms with Crippen LogP contribution in [-0.2, 0) is 20.9 Å². The van der Waals surface area contributed by atoms with E-state index in [1.165, 1.54) is 0 Å². The summed E-state index contributed by atoms with van der Waals surface area (Å²) in [6, 6.07) is 24.2. The van der Waals surface area contributed by atoms with Crippen molar-refractivity contribution in [2.75, 3.05) is 11.9 Å². The molecule has 0 spiro atoms. The van der Waals surface area contributed by atoms with E-state index in [4.69, 9.17) is 9.47 Å². The van der Waals surface area contributed by atoms with Crippen LogP contribution in [0.2, 0.25) is 0 Å². The van der Waals surface area contributed by atoms with Crippen LogP contribution in [0, 0.1) is 6.92 Å². The van der Waals surface area contributed by atoms with E-state index in [1.54, 1.807) is 13.8 Å². The molecule has 3 aromatic carbocycles. The molecule has 0 unspecified atom stereocenters. The molecule has 0 saturated carbocycles. The fraction of sp³-hybridized carbons (Fsp3) is 0.226. The number of ether oxygens (including phenoxy) is 2. The van der Waals surface area contributed by atoms with Gasteiger partial charge in [0.05, 0.1) is 18.4 Å². The van der Waals surface area contributed by atoms with Crippen LogP contribution in [0.25, 0.3) is 11.1 Å². The van der Waals surface area contributed by atoms with Crippen molar-refractivity contribution in [3.05, 3.63) is 107 Å². The van der Waals surface area contributed by atoms with Crippen LogP contribution in [0.15, 0.2) is 78.9 Å². The Morgan fingerprint density at radius 3 is 2.20 bits per heavy atom. The second-order valence-corrected chi connectivity index (χ2v) is 10.5. The van der Waals surface area contributed by atoms with Gasteiger partial charge in [-0.05, 0) is 53.2 Å². The van der Waals surface area contributed by atoms with E-state index in [2.05, 4.69) is 15.0 Å². The average Bonchev–Trinajstić information content (AvgIpc) is 3.51. The van der Waals surface area contributed by atoms with Gasteiger partial charge in [0.15, 0.2) is 0 Å². The lowest BCUT2D eigenvalue weighted by Gasteiger charge is -2.25. The van der Waals surface area contributed by atoms with Gasteiger partial charge in [0.25, 0.3) is 0 Å². The lowest BCUT2D eigenvalue weighted by molar-refractivity contribution is -0.121. The average molecular weight is 572 g/mol. The second kappa shape index (κ2) is 12.3. The van der Waals surface area contributed by atoms with Gasteiger partial charge in [-0.25, -0.2) is 9.59 Å². The number of aromatic nitrogens is 1. The molecular weight excluding hydrogens is 542 g/mol. The molecule has 0 bridgehead atoms. The SMILES string of the molecule is Cc1nsc(NC(=O)[C@H](NC(=O)OCC2c3ccccc3-c3ccccc32)[C@H](C)OCc2ccccc2)c1C(=O)O. The molecule has 0 saturated heterocycles. The van der Waals surface area contributed by atoms with Gasteiger partial charge in [-0.3, -0.25) is 4.79 Å². The molecule has 41 heavy (non-hydrogen) atoms. The third-order valence-electron chi connectivity index (χ3n) is 7.04. The molecule has 4 aromatic rings. The second-order valence-electron chi connectivity index (χ2n) is 9.72. The summed E-state index contributed by atoms with van der Waals surface area (Å²) in [7, 11) is 0. The molecule has 3 N–H and O–H groups in total. The number of nitrogens with one attached hydrogen (secondary N) is 2. The minimum Gasteiger partial charge on any atom is -0.478 e. The van der Waals surface area contributed by atoms with Crippen LogP contribution in [-0.4, -0.2) is 46.2 Å². The molecule has 210 valence electrons. The number of anilines is 1. The predicted octanol–water partition coefficient (Wildman–Crippen LogP) is 5.60. The predicted molar refractivity (Wildman–Crippen MR) is 155 cm³/mol. The zero-order valence-corrected chi connectivity index (χ0v) is 23.3. The number of carboxylic acid groups (broad SMARTS) is 1. The van der Waals surface area contributed by atoms with Crippen molar-refractivity contribution < 1.29 is 29.0 Å². The van der Waals surface area contributed by atoms with Crippen LogP contribution in [0.5, 0.6) is 0 Å². The Bertz CT molecular complexity index is 1530. The fourth-order valence-electron chi connectivity index (χ4n) is 4.96. The number of aromatic carboxylic acids is 1. The van der Waals surface area contributed by atoms with E-state index in [0.717, 1.165) is 39.3 Å². The lowest BCUT2D eigenvalue weighted by Crippen LogP contribution is -2.51. The Morgan fingerprint density at radius 1 is 0.951 bits per heavy atom. The number of hydrogen-bond donors (Lipinski definition) is 3. The quantitative estimate of drug-likeness (QED) is 0.226. The van der Waals surface area contributed by atoms with Gasteiger partial charge in [-0.15, -0.1) is 0 Å². The molecule has 1 aliphatic carbocycles. The summed E-state index contributed by atoms with van der Waals surface area (Å²) in [5.41, 5.74) is 5.42. The number of nitrogens with zero attached hydrogens (tertiary/aromatic N) is 1. The highest BCUT2D eigenvalue weighted by molar-refractivity contribution is 7.11. The van der Waals surface area contributed by atoms with Crippen molar-refractivity contribution in [2.45, 2.75) is 38.5 Å². The van der Waals surface area contributed by atoms with Gasteiger partial charge in [-0.1, -0.05) is 78.9 Å². The van der Waals surface area contributed by atoms with E-state index in [9.17, 15) is 19.5 Å². The van der Waals surface area contributed by atoms with Crippen LogP contribution in [0.1, 0.15) is 45.6 Å². The third kappa shape index (κ3) is 6.13. The summed E-state index contributed by atoms with van der Waals surface area (Å²) in [4.78, 5) is 38.2. The minimum atomic E-state index is -1.21. The summed E-state index contributed by atoms with van der Waals surface area (Å²) >= 11 is 0.858. The normalized spacial score (nSPS) is 13.5. The molecule has 0 radical (unpaired) electrons. The standard InChI is InChI=1S/C31H29N3O6S/c1-18-26(30(36)37)29(41-34-18)33-28(35)27(19(2)39-16-20-10-4-3-5-11-20)32-31(38)40-17-25-23-14-8-6-12-21(23)22-13-7-9-15-24(22)25/h3-15,19,25,27H,16-17H2,1-2H3,(H,32,38)(H,33,35)(H,36,37)/t19-,27+/m0/s1. The number of amides is 2. The summed E-state index contributed by atoms with van der Waals surface area (Å²) in [6.45, 7) is 3.49. The molecule has 2 atom stereocenters. The first-order valence-corrected chi connectivity index (χ1v) is 13.9. The minimum absolute atomic E-state index is 0.0741. The first-order chi connectivity index (χ1) is 19.8. The summed E-state index contributed by atoms with van der Waals surface area (Å²) in [5, 5.41) is 14.9.